The summed E-state index contributed by atoms with van der Waals surface area (Å²) in [6, 6.07) is 5.75. The molecule has 1 aromatic carbocycles. The van der Waals surface area contributed by atoms with Crippen molar-refractivity contribution in [2.24, 2.45) is 0 Å². The largest absolute Gasteiger partial charge is 0.573 e. The third-order valence-corrected chi connectivity index (χ3v) is 7.01. The van der Waals surface area contributed by atoms with E-state index in [0.29, 0.717) is 57.5 Å². The van der Waals surface area contributed by atoms with Gasteiger partial charge in [-0.3, -0.25) is 0 Å². The van der Waals surface area contributed by atoms with Crippen LogP contribution in [0.5, 0.6) is 5.75 Å². The summed E-state index contributed by atoms with van der Waals surface area (Å²) in [5, 5.41) is 4.22. The number of ether oxygens (including phenoxy) is 2. The van der Waals surface area contributed by atoms with Crippen LogP contribution in [0.25, 0.3) is 5.57 Å². The van der Waals surface area contributed by atoms with Crippen LogP contribution >= 0.6 is 0 Å². The highest BCUT2D eigenvalue weighted by Gasteiger charge is 2.37. The number of morpholine rings is 1. The Hall–Kier alpha value is -3.12. The molecule has 2 aromatic rings. The van der Waals surface area contributed by atoms with Gasteiger partial charge < -0.3 is 28.7 Å². The summed E-state index contributed by atoms with van der Waals surface area (Å²) in [6.07, 6.45) is -1.10. The molecule has 3 aliphatic rings. The Labute approximate surface area is 212 Å². The quantitative estimate of drug-likeness (QED) is 0.607. The topological polar surface area (TPSA) is 84.2 Å². The molecular formula is C25H30F3N5O4. The highest BCUT2D eigenvalue weighted by atomic mass is 19.4. The highest BCUT2D eigenvalue weighted by molar-refractivity contribution is 5.75. The standard InChI is InChI=1S/C25H30F3N5O4/c1-31-8-2-3-18(14-31)22-29-23(37-30-22)20-13-19(17-4-6-21(7-5-17)36-25(26,27)28)15-33(16-20)24(34)32-9-11-35-12-10-32/h3-7,19-20H,2,8-16H2,1H3. The number of hydrogen-bond donors (Lipinski definition) is 0. The summed E-state index contributed by atoms with van der Waals surface area (Å²) >= 11 is 0. The zero-order valence-corrected chi connectivity index (χ0v) is 20.6. The third-order valence-electron chi connectivity index (χ3n) is 7.01. The first-order chi connectivity index (χ1) is 17.7. The SMILES string of the molecule is CN1CCC=C(c2noc(C3CC(c4ccc(OC(F)(F)F)cc4)CN(C(=O)N4CCOCC4)C3)n2)C1. The number of carbonyl (C=O) groups is 1. The summed E-state index contributed by atoms with van der Waals surface area (Å²) in [6.45, 7) is 4.57. The van der Waals surface area contributed by atoms with E-state index in [1.807, 2.05) is 7.05 Å². The fourth-order valence-corrected chi connectivity index (χ4v) is 5.16. The molecule has 2 fully saturated rings. The lowest BCUT2D eigenvalue weighted by molar-refractivity contribution is -0.274. The first-order valence-electron chi connectivity index (χ1n) is 12.4. The molecule has 37 heavy (non-hydrogen) atoms. The second-order valence-electron chi connectivity index (χ2n) is 9.75. The fourth-order valence-electron chi connectivity index (χ4n) is 5.16. The van der Waals surface area contributed by atoms with E-state index in [1.54, 1.807) is 21.9 Å². The van der Waals surface area contributed by atoms with Crippen LogP contribution < -0.4 is 4.74 Å². The van der Waals surface area contributed by atoms with E-state index in [9.17, 15) is 18.0 Å². The number of piperidine rings is 1. The van der Waals surface area contributed by atoms with Crippen molar-refractivity contribution in [3.05, 3.63) is 47.6 Å². The minimum Gasteiger partial charge on any atom is -0.406 e. The van der Waals surface area contributed by atoms with Crippen LogP contribution in [0.15, 0.2) is 34.9 Å². The average molecular weight is 522 g/mol. The number of carbonyl (C=O) groups excluding carboxylic acids is 1. The molecule has 2 unspecified atom stereocenters. The van der Waals surface area contributed by atoms with Crippen molar-refractivity contribution in [1.82, 2.24) is 24.8 Å². The fraction of sp³-hybridized carbons (Fsp3) is 0.560. The Morgan fingerprint density at radius 1 is 1.05 bits per heavy atom. The van der Waals surface area contributed by atoms with Crippen molar-refractivity contribution in [2.75, 3.05) is 59.5 Å². The molecular weight excluding hydrogens is 491 g/mol. The van der Waals surface area contributed by atoms with Gasteiger partial charge in [-0.1, -0.05) is 23.4 Å². The molecule has 0 spiro atoms. The Morgan fingerprint density at radius 2 is 1.78 bits per heavy atom. The number of hydrogen-bond acceptors (Lipinski definition) is 7. The van der Waals surface area contributed by atoms with Crippen LogP contribution in [-0.4, -0.2) is 96.8 Å². The van der Waals surface area contributed by atoms with Crippen molar-refractivity contribution in [1.29, 1.82) is 0 Å². The van der Waals surface area contributed by atoms with Gasteiger partial charge in [0.15, 0.2) is 5.82 Å². The third kappa shape index (κ3) is 6.24. The van der Waals surface area contributed by atoms with Gasteiger partial charge in [-0.05, 0) is 37.6 Å². The molecule has 0 bridgehead atoms. The number of rotatable bonds is 4. The predicted molar refractivity (Wildman–Crippen MR) is 127 cm³/mol. The number of alkyl halides is 3. The molecule has 1 aromatic heterocycles. The number of halogens is 3. The molecule has 0 N–H and O–H groups in total. The van der Waals surface area contributed by atoms with E-state index in [1.165, 1.54) is 12.1 Å². The monoisotopic (exact) mass is 521 g/mol. The van der Waals surface area contributed by atoms with Crippen LogP contribution in [0.2, 0.25) is 0 Å². The number of aromatic nitrogens is 2. The van der Waals surface area contributed by atoms with Gasteiger partial charge in [0.2, 0.25) is 5.89 Å². The highest BCUT2D eigenvalue weighted by Crippen LogP contribution is 2.37. The summed E-state index contributed by atoms with van der Waals surface area (Å²) in [5.41, 5.74) is 1.83. The normalized spacial score (nSPS) is 23.6. The van der Waals surface area contributed by atoms with Crippen LogP contribution in [0.3, 0.4) is 0 Å². The predicted octanol–water partition coefficient (Wildman–Crippen LogP) is 3.71. The molecule has 0 saturated carbocycles. The first kappa shape index (κ1) is 25.5. The average Bonchev–Trinajstić information content (AvgIpc) is 3.39. The van der Waals surface area contributed by atoms with Crippen LogP contribution in [0, 0.1) is 0 Å². The van der Waals surface area contributed by atoms with Crippen molar-refractivity contribution in [3.8, 4) is 5.75 Å². The van der Waals surface area contributed by atoms with Gasteiger partial charge in [-0.15, -0.1) is 13.2 Å². The van der Waals surface area contributed by atoms with E-state index >= 15 is 0 Å². The number of urea groups is 1. The maximum absolute atomic E-state index is 13.4. The molecule has 0 radical (unpaired) electrons. The Balaban J connectivity index is 1.37. The van der Waals surface area contributed by atoms with E-state index in [2.05, 4.69) is 20.9 Å². The van der Waals surface area contributed by atoms with Gasteiger partial charge >= 0.3 is 12.4 Å². The second-order valence-corrected chi connectivity index (χ2v) is 9.75. The number of nitrogens with zero attached hydrogens (tertiary/aromatic N) is 5. The summed E-state index contributed by atoms with van der Waals surface area (Å²) in [7, 11) is 2.04. The Bertz CT molecular complexity index is 1110. The van der Waals surface area contributed by atoms with E-state index in [0.717, 1.165) is 30.6 Å². The summed E-state index contributed by atoms with van der Waals surface area (Å²) < 4.78 is 52.9. The lowest BCUT2D eigenvalue weighted by Crippen LogP contribution is -2.52. The molecule has 2 saturated heterocycles. The number of likely N-dealkylation sites (N-methyl/N-ethyl adjacent to an activating group) is 1. The van der Waals surface area contributed by atoms with Crippen molar-refractivity contribution < 1.29 is 32.0 Å². The van der Waals surface area contributed by atoms with Gasteiger partial charge in [-0.2, -0.15) is 4.98 Å². The minimum atomic E-state index is -4.75. The van der Waals surface area contributed by atoms with Gasteiger partial charge in [0.1, 0.15) is 5.75 Å². The van der Waals surface area contributed by atoms with Crippen molar-refractivity contribution in [3.63, 3.8) is 0 Å². The van der Waals surface area contributed by atoms with Crippen molar-refractivity contribution >= 4 is 11.6 Å². The van der Waals surface area contributed by atoms with E-state index in [4.69, 9.17) is 14.2 Å². The summed E-state index contributed by atoms with van der Waals surface area (Å²) in [4.78, 5) is 23.8. The number of likely N-dealkylation sites (tertiary alicyclic amines) is 1. The number of benzene rings is 1. The number of amides is 2. The Morgan fingerprint density at radius 3 is 2.49 bits per heavy atom. The zero-order chi connectivity index (χ0) is 26.0. The van der Waals surface area contributed by atoms with Gasteiger partial charge in [-0.25, -0.2) is 4.79 Å². The maximum atomic E-state index is 13.4. The zero-order valence-electron chi connectivity index (χ0n) is 20.6. The van der Waals surface area contributed by atoms with E-state index in [-0.39, 0.29) is 23.6 Å². The maximum Gasteiger partial charge on any atom is 0.573 e. The van der Waals surface area contributed by atoms with Crippen LogP contribution in [0.4, 0.5) is 18.0 Å². The Kier molecular flexibility index (Phi) is 7.38. The molecule has 0 aliphatic carbocycles. The van der Waals surface area contributed by atoms with Gasteiger partial charge in [0, 0.05) is 50.8 Å². The molecule has 4 heterocycles. The minimum absolute atomic E-state index is 0.0913. The van der Waals surface area contributed by atoms with Crippen LogP contribution in [0.1, 0.15) is 42.0 Å². The molecule has 2 atom stereocenters. The van der Waals surface area contributed by atoms with Gasteiger partial charge in [0.05, 0.1) is 19.1 Å². The molecule has 9 nitrogen and oxygen atoms in total. The lowest BCUT2D eigenvalue weighted by atomic mass is 9.84. The smallest absolute Gasteiger partial charge is 0.406 e. The second kappa shape index (κ2) is 10.7. The van der Waals surface area contributed by atoms with Gasteiger partial charge in [0.25, 0.3) is 0 Å². The molecule has 5 rings (SSSR count). The first-order valence-corrected chi connectivity index (χ1v) is 12.4. The molecule has 12 heteroatoms. The van der Waals surface area contributed by atoms with E-state index < -0.39 is 6.36 Å². The molecule has 3 aliphatic heterocycles. The van der Waals surface area contributed by atoms with Crippen molar-refractivity contribution in [2.45, 2.75) is 31.0 Å². The molecule has 2 amide bonds. The lowest BCUT2D eigenvalue weighted by Gasteiger charge is -2.40. The molecule has 200 valence electrons. The summed E-state index contributed by atoms with van der Waals surface area (Å²) in [5.74, 6) is 0.406. The van der Waals surface area contributed by atoms with Crippen LogP contribution in [-0.2, 0) is 4.74 Å².